The van der Waals surface area contributed by atoms with Crippen molar-refractivity contribution in [2.24, 2.45) is 5.73 Å². The Kier molecular flexibility index (Phi) is 3.07. The number of nitrogens with two attached hydrogens (primary N) is 1. The molecule has 0 aromatic carbocycles. The number of hydrogen-bond acceptors (Lipinski definition) is 2. The zero-order valence-electron chi connectivity index (χ0n) is 9.07. The van der Waals surface area contributed by atoms with Crippen molar-refractivity contribution in [1.29, 1.82) is 0 Å². The predicted molar refractivity (Wildman–Crippen MR) is 62.0 cm³/mol. The van der Waals surface area contributed by atoms with Crippen molar-refractivity contribution >= 4 is 0 Å². The van der Waals surface area contributed by atoms with Gasteiger partial charge < -0.3 is 10.5 Å². The average molecular weight is 203 g/mol. The first kappa shape index (κ1) is 10.2. The van der Waals surface area contributed by atoms with Crippen LogP contribution < -0.4 is 5.73 Å². The molecule has 0 fully saturated rings. The van der Waals surface area contributed by atoms with Crippen LogP contribution in [0.2, 0.25) is 0 Å². The summed E-state index contributed by atoms with van der Waals surface area (Å²) in [6.07, 6.45) is 13.3. The second kappa shape index (κ2) is 4.49. The number of ether oxygens (including phenoxy) is 1. The minimum Gasteiger partial charge on any atom is -0.458 e. The van der Waals surface area contributed by atoms with E-state index in [1.807, 2.05) is 18.2 Å². The van der Waals surface area contributed by atoms with Crippen LogP contribution in [0.25, 0.3) is 0 Å². The van der Waals surface area contributed by atoms with Gasteiger partial charge >= 0.3 is 0 Å². The molecule has 2 nitrogen and oxygen atoms in total. The fraction of sp³-hybridized carbons (Fsp3) is 0.385. The van der Waals surface area contributed by atoms with Gasteiger partial charge in [-0.25, -0.2) is 0 Å². The van der Waals surface area contributed by atoms with Crippen LogP contribution in [-0.4, -0.2) is 6.04 Å². The first-order valence-electron chi connectivity index (χ1n) is 5.43. The molecule has 0 saturated heterocycles. The van der Waals surface area contributed by atoms with Gasteiger partial charge in [-0.05, 0) is 50.5 Å². The maximum Gasteiger partial charge on any atom is 0.123 e. The van der Waals surface area contributed by atoms with Crippen molar-refractivity contribution in [3.63, 3.8) is 0 Å². The van der Waals surface area contributed by atoms with E-state index in [4.69, 9.17) is 10.5 Å². The normalized spacial score (nSPS) is 25.5. The molecular weight excluding hydrogens is 186 g/mol. The van der Waals surface area contributed by atoms with Gasteiger partial charge in [0.1, 0.15) is 11.5 Å². The van der Waals surface area contributed by atoms with Crippen LogP contribution >= 0.6 is 0 Å². The fourth-order valence-corrected chi connectivity index (χ4v) is 1.72. The van der Waals surface area contributed by atoms with Gasteiger partial charge in [-0.15, -0.1) is 0 Å². The lowest BCUT2D eigenvalue weighted by atomic mass is 10.1. The van der Waals surface area contributed by atoms with Gasteiger partial charge in [0.15, 0.2) is 0 Å². The molecule has 0 radical (unpaired) electrons. The lowest BCUT2D eigenvalue weighted by molar-refractivity contribution is 0.327. The Morgan fingerprint density at radius 1 is 1.33 bits per heavy atom. The van der Waals surface area contributed by atoms with E-state index in [1.54, 1.807) is 0 Å². The molecule has 0 aromatic rings. The molecule has 2 aliphatic carbocycles. The van der Waals surface area contributed by atoms with Crippen molar-refractivity contribution in [2.75, 3.05) is 0 Å². The lowest BCUT2D eigenvalue weighted by Crippen LogP contribution is -2.17. The van der Waals surface area contributed by atoms with Gasteiger partial charge in [-0.2, -0.15) is 0 Å². The summed E-state index contributed by atoms with van der Waals surface area (Å²) in [5.74, 6) is 1.87. The molecule has 0 bridgehead atoms. The summed E-state index contributed by atoms with van der Waals surface area (Å²) in [7, 11) is 0. The molecule has 15 heavy (non-hydrogen) atoms. The maximum absolute atomic E-state index is 5.75. The van der Waals surface area contributed by atoms with Gasteiger partial charge in [0.05, 0.1) is 0 Å². The first-order valence-corrected chi connectivity index (χ1v) is 5.43. The first-order chi connectivity index (χ1) is 7.24. The monoisotopic (exact) mass is 203 g/mol. The van der Waals surface area contributed by atoms with E-state index in [0.717, 1.165) is 30.8 Å². The summed E-state index contributed by atoms with van der Waals surface area (Å²) < 4.78 is 5.75. The maximum atomic E-state index is 5.75. The van der Waals surface area contributed by atoms with Gasteiger partial charge in [0, 0.05) is 6.04 Å². The number of hydrogen-bond donors (Lipinski definition) is 1. The highest BCUT2D eigenvalue weighted by Gasteiger charge is 2.08. The Balaban J connectivity index is 1.98. The summed E-state index contributed by atoms with van der Waals surface area (Å²) >= 11 is 0. The zero-order chi connectivity index (χ0) is 10.7. The molecule has 1 unspecified atom stereocenters. The summed E-state index contributed by atoms with van der Waals surface area (Å²) in [5, 5.41) is 0. The van der Waals surface area contributed by atoms with E-state index in [-0.39, 0.29) is 6.04 Å². The SMILES string of the molecule is CC1=CC(OC2=CCC(N)C=C2)=CCC1. The highest BCUT2D eigenvalue weighted by molar-refractivity contribution is 5.27. The third-order valence-corrected chi connectivity index (χ3v) is 2.61. The van der Waals surface area contributed by atoms with E-state index in [0.29, 0.717) is 0 Å². The topological polar surface area (TPSA) is 35.2 Å². The standard InChI is InChI=1S/C13H17NO/c1-10-3-2-4-13(9-10)15-12-7-5-11(14)6-8-12/h4-5,7-9,11H,2-3,6,14H2,1H3. The third-order valence-electron chi connectivity index (χ3n) is 2.61. The number of rotatable bonds is 2. The molecule has 0 spiro atoms. The number of allylic oxidation sites excluding steroid dienone is 4. The molecule has 0 aromatic heterocycles. The molecule has 80 valence electrons. The largest absolute Gasteiger partial charge is 0.458 e. The Hall–Kier alpha value is -1.28. The molecule has 0 saturated carbocycles. The van der Waals surface area contributed by atoms with Crippen molar-refractivity contribution in [2.45, 2.75) is 32.2 Å². The van der Waals surface area contributed by atoms with E-state index in [2.05, 4.69) is 19.1 Å². The van der Waals surface area contributed by atoms with E-state index >= 15 is 0 Å². The van der Waals surface area contributed by atoms with Crippen molar-refractivity contribution in [3.8, 4) is 0 Å². The van der Waals surface area contributed by atoms with Crippen molar-refractivity contribution in [3.05, 3.63) is 47.5 Å². The van der Waals surface area contributed by atoms with Crippen LogP contribution in [0.3, 0.4) is 0 Å². The summed E-state index contributed by atoms with van der Waals surface area (Å²) in [5.41, 5.74) is 7.12. The zero-order valence-corrected chi connectivity index (χ0v) is 9.07. The van der Waals surface area contributed by atoms with E-state index in [1.165, 1.54) is 5.57 Å². The van der Waals surface area contributed by atoms with Crippen LogP contribution in [-0.2, 0) is 4.74 Å². The Morgan fingerprint density at radius 2 is 2.20 bits per heavy atom. The van der Waals surface area contributed by atoms with Crippen LogP contribution in [0.5, 0.6) is 0 Å². The van der Waals surface area contributed by atoms with E-state index < -0.39 is 0 Å². The highest BCUT2D eigenvalue weighted by atomic mass is 16.5. The van der Waals surface area contributed by atoms with Gasteiger partial charge in [-0.3, -0.25) is 0 Å². The minimum atomic E-state index is 0.148. The molecule has 0 amide bonds. The van der Waals surface area contributed by atoms with Crippen LogP contribution in [0.1, 0.15) is 26.2 Å². The molecule has 2 N–H and O–H groups in total. The molecule has 2 aliphatic rings. The molecule has 1 atom stereocenters. The minimum absolute atomic E-state index is 0.148. The summed E-state index contributed by atoms with van der Waals surface area (Å²) in [6, 6.07) is 0.148. The highest BCUT2D eigenvalue weighted by Crippen LogP contribution is 2.21. The van der Waals surface area contributed by atoms with Crippen LogP contribution in [0.15, 0.2) is 47.5 Å². The summed E-state index contributed by atoms with van der Waals surface area (Å²) in [6.45, 7) is 2.14. The van der Waals surface area contributed by atoms with Crippen LogP contribution in [0.4, 0.5) is 0 Å². The average Bonchev–Trinajstić information content (AvgIpc) is 2.22. The quantitative estimate of drug-likeness (QED) is 0.749. The Labute approximate surface area is 90.8 Å². The molecule has 2 rings (SSSR count). The smallest absolute Gasteiger partial charge is 0.123 e. The van der Waals surface area contributed by atoms with Gasteiger partial charge in [0.25, 0.3) is 0 Å². The van der Waals surface area contributed by atoms with Gasteiger partial charge in [-0.1, -0.05) is 11.6 Å². The Morgan fingerprint density at radius 3 is 2.87 bits per heavy atom. The second-order valence-corrected chi connectivity index (χ2v) is 4.10. The lowest BCUT2D eigenvalue weighted by Gasteiger charge is -2.16. The molecule has 2 heteroatoms. The van der Waals surface area contributed by atoms with Crippen molar-refractivity contribution < 1.29 is 4.74 Å². The molecule has 0 aliphatic heterocycles. The van der Waals surface area contributed by atoms with Crippen molar-refractivity contribution in [1.82, 2.24) is 0 Å². The molecule has 0 heterocycles. The molecular formula is C13H17NO. The summed E-state index contributed by atoms with van der Waals surface area (Å²) in [4.78, 5) is 0. The second-order valence-electron chi connectivity index (χ2n) is 4.10. The van der Waals surface area contributed by atoms with Gasteiger partial charge in [0.2, 0.25) is 0 Å². The fourth-order valence-electron chi connectivity index (χ4n) is 1.72. The third kappa shape index (κ3) is 2.83. The predicted octanol–water partition coefficient (Wildman–Crippen LogP) is 2.80. The Bertz CT molecular complexity index is 361. The van der Waals surface area contributed by atoms with Crippen LogP contribution in [0, 0.1) is 0 Å². The van der Waals surface area contributed by atoms with E-state index in [9.17, 15) is 0 Å².